The first kappa shape index (κ1) is 14.3. The number of hydrogen-bond acceptors (Lipinski definition) is 3. The maximum Gasteiger partial charge on any atom is 0.212 e. The second-order valence-corrected chi connectivity index (χ2v) is 5.64. The zero-order valence-corrected chi connectivity index (χ0v) is 12.9. The summed E-state index contributed by atoms with van der Waals surface area (Å²) in [7, 11) is 1.59. The highest BCUT2D eigenvalue weighted by atomic mass is 127. The molecule has 1 unspecified atom stereocenters. The molecular weight excluding hydrogens is 353 g/mol. The van der Waals surface area contributed by atoms with Crippen LogP contribution in [0.25, 0.3) is 0 Å². The predicted octanol–water partition coefficient (Wildman–Crippen LogP) is 2.84. The topological polar surface area (TPSA) is 42.4 Å². The predicted molar refractivity (Wildman–Crippen MR) is 83.4 cm³/mol. The number of aliphatic hydroxyl groups is 1. The Morgan fingerprint density at radius 3 is 2.32 bits per heavy atom. The fraction of sp³-hybridized carbons (Fsp3) is 0.267. The van der Waals surface area contributed by atoms with Crippen molar-refractivity contribution < 1.29 is 9.84 Å². The molecule has 0 saturated carbocycles. The van der Waals surface area contributed by atoms with Gasteiger partial charge in [0, 0.05) is 22.3 Å². The van der Waals surface area contributed by atoms with Crippen LogP contribution in [-0.2, 0) is 12.8 Å². The Labute approximate surface area is 126 Å². The van der Waals surface area contributed by atoms with Gasteiger partial charge in [0.15, 0.2) is 0 Å². The van der Waals surface area contributed by atoms with E-state index in [0.29, 0.717) is 18.7 Å². The molecule has 100 valence electrons. The molecule has 0 radical (unpaired) electrons. The van der Waals surface area contributed by atoms with Crippen LogP contribution in [0, 0.1) is 3.57 Å². The molecule has 0 aliphatic heterocycles. The van der Waals surface area contributed by atoms with E-state index < -0.39 is 6.10 Å². The number of hydrogen-bond donors (Lipinski definition) is 1. The van der Waals surface area contributed by atoms with Crippen LogP contribution in [0.5, 0.6) is 5.88 Å². The van der Waals surface area contributed by atoms with Crippen LogP contribution in [0.3, 0.4) is 0 Å². The maximum absolute atomic E-state index is 10.1. The van der Waals surface area contributed by atoms with Gasteiger partial charge in [0.2, 0.25) is 5.88 Å². The number of ether oxygens (including phenoxy) is 1. The second kappa shape index (κ2) is 6.86. The summed E-state index contributed by atoms with van der Waals surface area (Å²) in [5.41, 5.74) is 2.16. The van der Waals surface area contributed by atoms with Gasteiger partial charge in [-0.15, -0.1) is 0 Å². The van der Waals surface area contributed by atoms with Crippen molar-refractivity contribution in [1.29, 1.82) is 0 Å². The quantitative estimate of drug-likeness (QED) is 0.825. The summed E-state index contributed by atoms with van der Waals surface area (Å²) in [5, 5.41) is 10.1. The first-order valence-electron chi connectivity index (χ1n) is 6.09. The van der Waals surface area contributed by atoms with Crippen molar-refractivity contribution in [3.8, 4) is 5.88 Å². The first-order valence-corrected chi connectivity index (χ1v) is 7.16. The van der Waals surface area contributed by atoms with Crippen molar-refractivity contribution in [3.05, 3.63) is 57.3 Å². The number of benzene rings is 1. The average Bonchev–Trinajstić information content (AvgIpc) is 2.42. The molecule has 0 bridgehead atoms. The van der Waals surface area contributed by atoms with Gasteiger partial charge in [-0.25, -0.2) is 4.98 Å². The zero-order chi connectivity index (χ0) is 13.7. The number of rotatable bonds is 5. The van der Waals surface area contributed by atoms with Crippen molar-refractivity contribution in [3.63, 3.8) is 0 Å². The summed E-state index contributed by atoms with van der Waals surface area (Å²) in [6.07, 6.45) is 2.61. The van der Waals surface area contributed by atoms with E-state index in [9.17, 15) is 5.11 Å². The van der Waals surface area contributed by atoms with Crippen LogP contribution in [0.1, 0.15) is 11.1 Å². The Morgan fingerprint density at radius 1 is 1.11 bits per heavy atom. The van der Waals surface area contributed by atoms with Crippen molar-refractivity contribution in [1.82, 2.24) is 4.98 Å². The minimum atomic E-state index is -0.393. The van der Waals surface area contributed by atoms with Crippen molar-refractivity contribution >= 4 is 22.6 Å². The number of halogens is 1. The van der Waals surface area contributed by atoms with E-state index in [1.165, 1.54) is 3.57 Å². The second-order valence-electron chi connectivity index (χ2n) is 4.40. The normalized spacial score (nSPS) is 12.2. The molecule has 19 heavy (non-hydrogen) atoms. The molecule has 2 aromatic rings. The number of aliphatic hydroxyl groups excluding tert-OH is 1. The van der Waals surface area contributed by atoms with Crippen molar-refractivity contribution in [2.75, 3.05) is 7.11 Å². The molecule has 0 amide bonds. The highest BCUT2D eigenvalue weighted by molar-refractivity contribution is 14.1. The van der Waals surface area contributed by atoms with Crippen LogP contribution in [0.15, 0.2) is 42.6 Å². The summed E-state index contributed by atoms with van der Waals surface area (Å²) in [6.45, 7) is 0. The maximum atomic E-state index is 10.1. The third kappa shape index (κ3) is 4.47. The molecule has 1 heterocycles. The van der Waals surface area contributed by atoms with Crippen LogP contribution < -0.4 is 4.74 Å². The van der Waals surface area contributed by atoms with E-state index >= 15 is 0 Å². The zero-order valence-electron chi connectivity index (χ0n) is 10.7. The van der Waals surface area contributed by atoms with E-state index in [4.69, 9.17) is 4.74 Å². The molecule has 0 aliphatic rings. The lowest BCUT2D eigenvalue weighted by atomic mass is 10.0. The SMILES string of the molecule is COc1ccc(CC(O)Cc2ccc(I)cc2)cn1. The number of pyridine rings is 1. The Balaban J connectivity index is 1.92. The first-order chi connectivity index (χ1) is 9.17. The monoisotopic (exact) mass is 369 g/mol. The van der Waals surface area contributed by atoms with Crippen LogP contribution in [0.2, 0.25) is 0 Å². The van der Waals surface area contributed by atoms with Gasteiger partial charge >= 0.3 is 0 Å². The Hall–Kier alpha value is -1.14. The van der Waals surface area contributed by atoms with Gasteiger partial charge in [-0.2, -0.15) is 0 Å². The largest absolute Gasteiger partial charge is 0.481 e. The molecule has 0 fully saturated rings. The summed E-state index contributed by atoms with van der Waals surface area (Å²) >= 11 is 2.27. The summed E-state index contributed by atoms with van der Waals surface area (Å²) < 4.78 is 6.21. The molecular formula is C15H16INO2. The Bertz CT molecular complexity index is 511. The molecule has 1 atom stereocenters. The van der Waals surface area contributed by atoms with E-state index in [0.717, 1.165) is 11.1 Å². The summed E-state index contributed by atoms with van der Waals surface area (Å²) in [4.78, 5) is 4.13. The highest BCUT2D eigenvalue weighted by Gasteiger charge is 2.07. The van der Waals surface area contributed by atoms with E-state index in [-0.39, 0.29) is 0 Å². The van der Waals surface area contributed by atoms with E-state index in [2.05, 4.69) is 51.8 Å². The van der Waals surface area contributed by atoms with Gasteiger partial charge < -0.3 is 9.84 Å². The lowest BCUT2D eigenvalue weighted by Crippen LogP contribution is -2.14. The van der Waals surface area contributed by atoms with Crippen LogP contribution >= 0.6 is 22.6 Å². The van der Waals surface area contributed by atoms with Gasteiger partial charge in [-0.3, -0.25) is 0 Å². The highest BCUT2D eigenvalue weighted by Crippen LogP contribution is 2.13. The van der Waals surface area contributed by atoms with Crippen LogP contribution in [0.4, 0.5) is 0 Å². The average molecular weight is 369 g/mol. The third-order valence-corrected chi connectivity index (χ3v) is 3.58. The molecule has 0 saturated heterocycles. The van der Waals surface area contributed by atoms with Gasteiger partial charge in [-0.1, -0.05) is 18.2 Å². The molecule has 3 nitrogen and oxygen atoms in total. The third-order valence-electron chi connectivity index (χ3n) is 2.86. The van der Waals surface area contributed by atoms with Crippen LogP contribution in [-0.4, -0.2) is 23.3 Å². The summed E-state index contributed by atoms with van der Waals surface area (Å²) in [5.74, 6) is 0.593. The lowest BCUT2D eigenvalue weighted by Gasteiger charge is -2.11. The molecule has 0 aliphatic carbocycles. The van der Waals surface area contributed by atoms with Gasteiger partial charge in [0.1, 0.15) is 0 Å². The van der Waals surface area contributed by atoms with Crippen molar-refractivity contribution in [2.45, 2.75) is 18.9 Å². The van der Waals surface area contributed by atoms with Gasteiger partial charge in [0.25, 0.3) is 0 Å². The van der Waals surface area contributed by atoms with E-state index in [1.54, 1.807) is 13.3 Å². The smallest absolute Gasteiger partial charge is 0.212 e. The molecule has 2 rings (SSSR count). The lowest BCUT2D eigenvalue weighted by molar-refractivity contribution is 0.175. The standard InChI is InChI=1S/C15H16INO2/c1-19-15-7-4-12(10-17-15)9-14(18)8-11-2-5-13(16)6-3-11/h2-7,10,14,18H,8-9H2,1H3. The molecule has 1 aromatic carbocycles. The minimum Gasteiger partial charge on any atom is -0.481 e. The molecule has 1 N–H and O–H groups in total. The number of aromatic nitrogens is 1. The minimum absolute atomic E-state index is 0.393. The Kier molecular flexibility index (Phi) is 5.15. The molecule has 0 spiro atoms. The number of nitrogens with zero attached hydrogens (tertiary/aromatic N) is 1. The van der Waals surface area contributed by atoms with Gasteiger partial charge in [0.05, 0.1) is 13.2 Å². The Morgan fingerprint density at radius 2 is 1.74 bits per heavy atom. The fourth-order valence-corrected chi connectivity index (χ4v) is 2.25. The van der Waals surface area contributed by atoms with Crippen molar-refractivity contribution in [2.24, 2.45) is 0 Å². The van der Waals surface area contributed by atoms with Gasteiger partial charge in [-0.05, 0) is 52.3 Å². The molecule has 4 heteroatoms. The summed E-state index contributed by atoms with van der Waals surface area (Å²) in [6, 6.07) is 12.0. The number of methoxy groups -OCH3 is 1. The van der Waals surface area contributed by atoms with E-state index in [1.807, 2.05) is 12.1 Å². The molecule has 1 aromatic heterocycles. The fourth-order valence-electron chi connectivity index (χ4n) is 1.89.